The fourth-order valence-corrected chi connectivity index (χ4v) is 3.85. The number of thiazole rings is 1. The zero-order valence-electron chi connectivity index (χ0n) is 14.9. The summed E-state index contributed by atoms with van der Waals surface area (Å²) >= 11 is 7.75. The van der Waals surface area contributed by atoms with Gasteiger partial charge in [-0.2, -0.15) is 0 Å². The standard InChI is InChI=1S/C19H20ClN3OS.ClH/c1-13-7-4-5-8-14(13)18(24)23(12-11-22(2)3)19-21-17-15(20)9-6-10-16(17)25-19;/h4-10H,11-12H2,1-3H3;1H. The molecule has 3 rings (SSSR count). The number of halogens is 2. The fourth-order valence-electron chi connectivity index (χ4n) is 2.56. The molecule has 26 heavy (non-hydrogen) atoms. The molecule has 4 nitrogen and oxygen atoms in total. The van der Waals surface area contributed by atoms with E-state index in [-0.39, 0.29) is 18.3 Å². The molecule has 0 spiro atoms. The summed E-state index contributed by atoms with van der Waals surface area (Å²) in [6.45, 7) is 3.27. The molecule has 0 bridgehead atoms. The number of carbonyl (C=O) groups excluding carboxylic acids is 1. The van der Waals surface area contributed by atoms with Crippen LogP contribution in [0.4, 0.5) is 5.13 Å². The van der Waals surface area contributed by atoms with Crippen LogP contribution in [0.2, 0.25) is 5.02 Å². The van der Waals surface area contributed by atoms with Crippen LogP contribution < -0.4 is 4.90 Å². The molecule has 0 aliphatic heterocycles. The molecule has 3 aromatic rings. The van der Waals surface area contributed by atoms with Crippen molar-refractivity contribution in [3.8, 4) is 0 Å². The second kappa shape index (κ2) is 8.82. The van der Waals surface area contributed by atoms with Gasteiger partial charge in [-0.25, -0.2) is 4.98 Å². The monoisotopic (exact) mass is 409 g/mol. The van der Waals surface area contributed by atoms with Gasteiger partial charge in [-0.15, -0.1) is 12.4 Å². The van der Waals surface area contributed by atoms with Crippen molar-refractivity contribution >= 4 is 56.6 Å². The van der Waals surface area contributed by atoms with Gasteiger partial charge in [-0.3, -0.25) is 9.69 Å². The van der Waals surface area contributed by atoms with Crippen molar-refractivity contribution in [1.82, 2.24) is 9.88 Å². The minimum Gasteiger partial charge on any atom is -0.308 e. The maximum atomic E-state index is 13.2. The maximum Gasteiger partial charge on any atom is 0.260 e. The molecule has 0 N–H and O–H groups in total. The number of carbonyl (C=O) groups is 1. The van der Waals surface area contributed by atoms with Crippen LogP contribution in [0.5, 0.6) is 0 Å². The zero-order valence-corrected chi connectivity index (χ0v) is 17.3. The Morgan fingerprint density at radius 1 is 1.12 bits per heavy atom. The van der Waals surface area contributed by atoms with Crippen molar-refractivity contribution in [2.75, 3.05) is 32.1 Å². The predicted octanol–water partition coefficient (Wildman–Crippen LogP) is 4.89. The number of benzene rings is 2. The van der Waals surface area contributed by atoms with Crippen molar-refractivity contribution in [2.24, 2.45) is 0 Å². The molecule has 0 unspecified atom stereocenters. The number of para-hydroxylation sites is 1. The van der Waals surface area contributed by atoms with Crippen LogP contribution in [0.3, 0.4) is 0 Å². The van der Waals surface area contributed by atoms with Crippen LogP contribution in [0, 0.1) is 6.92 Å². The van der Waals surface area contributed by atoms with Crippen molar-refractivity contribution in [3.63, 3.8) is 0 Å². The summed E-state index contributed by atoms with van der Waals surface area (Å²) in [6, 6.07) is 13.3. The minimum atomic E-state index is -0.0323. The first-order chi connectivity index (χ1) is 12.0. The van der Waals surface area contributed by atoms with Gasteiger partial charge in [-0.05, 0) is 44.8 Å². The van der Waals surface area contributed by atoms with Gasteiger partial charge < -0.3 is 4.90 Å². The zero-order chi connectivity index (χ0) is 18.0. The lowest BCUT2D eigenvalue weighted by Gasteiger charge is -2.22. The Hall–Kier alpha value is -1.66. The van der Waals surface area contributed by atoms with Crippen molar-refractivity contribution in [3.05, 3.63) is 58.6 Å². The largest absolute Gasteiger partial charge is 0.308 e. The summed E-state index contributed by atoms with van der Waals surface area (Å²) in [7, 11) is 3.98. The molecule has 0 radical (unpaired) electrons. The normalized spacial score (nSPS) is 10.8. The second-order valence-corrected chi connectivity index (χ2v) is 7.57. The maximum absolute atomic E-state index is 13.2. The van der Waals surface area contributed by atoms with Gasteiger partial charge in [0.2, 0.25) is 0 Å². The lowest BCUT2D eigenvalue weighted by molar-refractivity contribution is 0.0984. The Bertz CT molecular complexity index is 911. The SMILES string of the molecule is Cc1ccccc1C(=O)N(CCN(C)C)c1nc2c(Cl)cccc2s1.Cl. The Morgan fingerprint density at radius 3 is 2.50 bits per heavy atom. The molecular formula is C19H21Cl2N3OS. The summed E-state index contributed by atoms with van der Waals surface area (Å²) < 4.78 is 0.981. The van der Waals surface area contributed by atoms with E-state index in [4.69, 9.17) is 11.6 Å². The Labute approximate surface area is 168 Å². The van der Waals surface area contributed by atoms with Crippen molar-refractivity contribution < 1.29 is 4.79 Å². The average molecular weight is 410 g/mol. The highest BCUT2D eigenvalue weighted by Crippen LogP contribution is 2.33. The molecule has 2 aromatic carbocycles. The molecule has 0 atom stereocenters. The number of nitrogens with zero attached hydrogens (tertiary/aromatic N) is 3. The third kappa shape index (κ3) is 4.35. The first-order valence-corrected chi connectivity index (χ1v) is 9.24. The lowest BCUT2D eigenvalue weighted by atomic mass is 10.1. The Balaban J connectivity index is 0.00000243. The van der Waals surface area contributed by atoms with Gasteiger partial charge in [-0.1, -0.05) is 47.2 Å². The number of hydrogen-bond donors (Lipinski definition) is 0. The van der Waals surface area contributed by atoms with E-state index in [1.54, 1.807) is 4.90 Å². The number of anilines is 1. The third-order valence-corrected chi connectivity index (χ3v) is 5.33. The van der Waals surface area contributed by atoms with Gasteiger partial charge in [0.25, 0.3) is 5.91 Å². The number of amides is 1. The highest BCUT2D eigenvalue weighted by atomic mass is 35.5. The highest BCUT2D eigenvalue weighted by Gasteiger charge is 2.22. The van der Waals surface area contributed by atoms with Crippen LogP contribution in [-0.2, 0) is 0 Å². The van der Waals surface area contributed by atoms with E-state index in [9.17, 15) is 4.79 Å². The number of likely N-dealkylation sites (N-methyl/N-ethyl adjacent to an activating group) is 1. The summed E-state index contributed by atoms with van der Waals surface area (Å²) in [4.78, 5) is 21.6. The lowest BCUT2D eigenvalue weighted by Crippen LogP contribution is -2.37. The van der Waals surface area contributed by atoms with Crippen molar-refractivity contribution in [1.29, 1.82) is 0 Å². The van der Waals surface area contributed by atoms with E-state index in [2.05, 4.69) is 9.88 Å². The van der Waals surface area contributed by atoms with Gasteiger partial charge in [0.15, 0.2) is 5.13 Å². The minimum absolute atomic E-state index is 0. The molecule has 1 amide bonds. The van der Waals surface area contributed by atoms with Crippen LogP contribution in [0.15, 0.2) is 42.5 Å². The van der Waals surface area contributed by atoms with E-state index >= 15 is 0 Å². The average Bonchev–Trinajstić information content (AvgIpc) is 3.00. The van der Waals surface area contributed by atoms with Crippen LogP contribution in [0.25, 0.3) is 10.2 Å². The quantitative estimate of drug-likeness (QED) is 0.601. The van der Waals surface area contributed by atoms with E-state index in [1.807, 2.05) is 63.5 Å². The summed E-state index contributed by atoms with van der Waals surface area (Å²) in [5, 5.41) is 1.29. The summed E-state index contributed by atoms with van der Waals surface area (Å²) in [5.41, 5.74) is 2.41. The smallest absolute Gasteiger partial charge is 0.260 e. The van der Waals surface area contributed by atoms with Gasteiger partial charge in [0.1, 0.15) is 5.52 Å². The number of aromatic nitrogens is 1. The molecule has 1 heterocycles. The van der Waals surface area contributed by atoms with Gasteiger partial charge >= 0.3 is 0 Å². The van der Waals surface area contributed by atoms with Crippen LogP contribution >= 0.6 is 35.3 Å². The molecule has 0 fully saturated rings. The predicted molar refractivity (Wildman–Crippen MR) is 113 cm³/mol. The number of hydrogen-bond acceptors (Lipinski definition) is 4. The van der Waals surface area contributed by atoms with Gasteiger partial charge in [0, 0.05) is 18.7 Å². The molecule has 138 valence electrons. The first kappa shape index (κ1) is 20.6. The van der Waals surface area contributed by atoms with E-state index < -0.39 is 0 Å². The number of aryl methyl sites for hydroxylation is 1. The Morgan fingerprint density at radius 2 is 1.85 bits per heavy atom. The van der Waals surface area contributed by atoms with E-state index in [0.29, 0.717) is 22.3 Å². The molecule has 1 aromatic heterocycles. The van der Waals surface area contributed by atoms with E-state index in [0.717, 1.165) is 22.3 Å². The van der Waals surface area contributed by atoms with Crippen molar-refractivity contribution in [2.45, 2.75) is 6.92 Å². The van der Waals surface area contributed by atoms with Gasteiger partial charge in [0.05, 0.1) is 9.72 Å². The summed E-state index contributed by atoms with van der Waals surface area (Å²) in [5.74, 6) is -0.0323. The van der Waals surface area contributed by atoms with Crippen LogP contribution in [-0.4, -0.2) is 43.0 Å². The molecule has 0 aliphatic carbocycles. The first-order valence-electron chi connectivity index (χ1n) is 8.04. The highest BCUT2D eigenvalue weighted by molar-refractivity contribution is 7.22. The van der Waals surface area contributed by atoms with Crippen LogP contribution in [0.1, 0.15) is 15.9 Å². The molecule has 7 heteroatoms. The Kier molecular flexibility index (Phi) is 7.01. The molecule has 0 saturated heterocycles. The molecular weight excluding hydrogens is 389 g/mol. The third-order valence-electron chi connectivity index (χ3n) is 3.98. The van der Waals surface area contributed by atoms with E-state index in [1.165, 1.54) is 11.3 Å². The fraction of sp³-hybridized carbons (Fsp3) is 0.263. The second-order valence-electron chi connectivity index (χ2n) is 6.16. The topological polar surface area (TPSA) is 36.4 Å². The number of rotatable bonds is 5. The number of fused-ring (bicyclic) bond motifs is 1. The molecule has 0 saturated carbocycles. The summed E-state index contributed by atoms with van der Waals surface area (Å²) in [6.07, 6.45) is 0. The molecule has 0 aliphatic rings.